The predicted molar refractivity (Wildman–Crippen MR) is 76.1 cm³/mol. The first-order chi connectivity index (χ1) is 10.6. The number of hydrogen-bond donors (Lipinski definition) is 0. The number of aromatic nitrogens is 6. The Morgan fingerprint density at radius 2 is 1.32 bits per heavy atom. The van der Waals surface area contributed by atoms with Gasteiger partial charge in [0.15, 0.2) is 11.4 Å². The largest absolute Gasteiger partial charge is 0.462 e. The van der Waals surface area contributed by atoms with E-state index in [2.05, 4.69) is 10.4 Å². The molecular weight excluding hydrogens is 284 g/mol. The molecule has 0 N–H and O–H groups in total. The summed E-state index contributed by atoms with van der Waals surface area (Å²) >= 11 is 0. The first-order valence-corrected chi connectivity index (χ1v) is 6.73. The molecule has 0 spiro atoms. The molecule has 8 heteroatoms. The van der Waals surface area contributed by atoms with Crippen molar-refractivity contribution in [2.45, 2.75) is 0 Å². The van der Waals surface area contributed by atoms with Crippen molar-refractivity contribution >= 4 is 0 Å². The van der Waals surface area contributed by atoms with Gasteiger partial charge in [0.1, 0.15) is 14.1 Å². The molecule has 3 rings (SSSR count). The number of benzene rings is 1. The van der Waals surface area contributed by atoms with Crippen LogP contribution >= 0.6 is 0 Å². The first-order valence-electron chi connectivity index (χ1n) is 6.73. The van der Waals surface area contributed by atoms with E-state index in [0.29, 0.717) is 11.8 Å². The summed E-state index contributed by atoms with van der Waals surface area (Å²) in [7, 11) is 6.90. The Bertz CT molecular complexity index is 744. The molecule has 0 saturated carbocycles. The van der Waals surface area contributed by atoms with Crippen LogP contribution in [0.25, 0.3) is 11.4 Å². The normalized spacial score (nSPS) is 10.7. The molecule has 114 valence electrons. The SMILES string of the molecule is COc1cn(-c2cccc(-n3cc(OC)[n+](C)n3)c2)n[n+]1C. The molecule has 0 aliphatic heterocycles. The molecule has 0 aliphatic rings. The molecule has 0 saturated heterocycles. The average Bonchev–Trinajstić information content (AvgIpc) is 3.10. The van der Waals surface area contributed by atoms with Gasteiger partial charge in [-0.25, -0.2) is 0 Å². The molecule has 0 unspecified atom stereocenters. The highest BCUT2D eigenvalue weighted by Gasteiger charge is 2.18. The Labute approximate surface area is 127 Å². The number of nitrogens with zero attached hydrogens (tertiary/aromatic N) is 6. The van der Waals surface area contributed by atoms with Gasteiger partial charge in [-0.05, 0) is 12.1 Å². The van der Waals surface area contributed by atoms with Gasteiger partial charge in [0.2, 0.25) is 12.4 Å². The summed E-state index contributed by atoms with van der Waals surface area (Å²) in [6.07, 6.45) is 3.64. The van der Waals surface area contributed by atoms with E-state index in [1.165, 1.54) is 0 Å². The molecule has 3 aromatic rings. The van der Waals surface area contributed by atoms with Gasteiger partial charge < -0.3 is 9.47 Å². The van der Waals surface area contributed by atoms with E-state index >= 15 is 0 Å². The van der Waals surface area contributed by atoms with Crippen molar-refractivity contribution in [1.29, 1.82) is 0 Å². The van der Waals surface area contributed by atoms with Crippen LogP contribution in [-0.2, 0) is 14.1 Å². The fourth-order valence-electron chi connectivity index (χ4n) is 2.21. The van der Waals surface area contributed by atoms with Crippen LogP contribution in [0.2, 0.25) is 0 Å². The van der Waals surface area contributed by atoms with Crippen molar-refractivity contribution in [3.8, 4) is 23.1 Å². The molecule has 0 amide bonds. The number of methoxy groups -OCH3 is 2. The molecular formula is C14H18N6O2+2. The second kappa shape index (κ2) is 5.47. The summed E-state index contributed by atoms with van der Waals surface area (Å²) in [6.45, 7) is 0. The molecule has 0 radical (unpaired) electrons. The summed E-state index contributed by atoms with van der Waals surface area (Å²) in [4.78, 5) is 0. The summed E-state index contributed by atoms with van der Waals surface area (Å²) in [5, 5.41) is 8.75. The molecule has 0 bridgehead atoms. The van der Waals surface area contributed by atoms with Crippen LogP contribution in [0.1, 0.15) is 0 Å². The Morgan fingerprint density at radius 3 is 1.68 bits per heavy atom. The predicted octanol–water partition coefficient (Wildman–Crippen LogP) is -0.276. The molecule has 2 aromatic heterocycles. The average molecular weight is 302 g/mol. The Morgan fingerprint density at radius 1 is 0.864 bits per heavy atom. The van der Waals surface area contributed by atoms with E-state index in [-0.39, 0.29) is 0 Å². The third-order valence-corrected chi connectivity index (χ3v) is 3.34. The van der Waals surface area contributed by atoms with Crippen LogP contribution in [-0.4, -0.2) is 34.0 Å². The molecule has 1 aromatic carbocycles. The van der Waals surface area contributed by atoms with Gasteiger partial charge in [-0.15, -0.1) is 9.36 Å². The molecule has 22 heavy (non-hydrogen) atoms. The van der Waals surface area contributed by atoms with Crippen LogP contribution < -0.4 is 18.8 Å². The smallest absolute Gasteiger partial charge is 0.347 e. The van der Waals surface area contributed by atoms with Crippen molar-refractivity contribution in [3.05, 3.63) is 36.7 Å². The fourth-order valence-corrected chi connectivity index (χ4v) is 2.21. The lowest BCUT2D eigenvalue weighted by Crippen LogP contribution is -2.32. The summed E-state index contributed by atoms with van der Waals surface area (Å²) in [5.41, 5.74) is 1.82. The second-order valence-electron chi connectivity index (χ2n) is 4.78. The standard InChI is InChI=1S/C14H18N6O2/c1-17-13(21-3)9-19(15-17)11-6-5-7-12(8-11)20-10-14(22-4)18(2)16-20/h5-10H,1-4H3/q+2. The molecule has 2 heterocycles. The van der Waals surface area contributed by atoms with Crippen LogP contribution in [0.4, 0.5) is 0 Å². The van der Waals surface area contributed by atoms with Crippen molar-refractivity contribution in [3.63, 3.8) is 0 Å². The zero-order valence-electron chi connectivity index (χ0n) is 13.0. The van der Waals surface area contributed by atoms with Gasteiger partial charge in [-0.3, -0.25) is 0 Å². The minimum absolute atomic E-state index is 0.678. The maximum Gasteiger partial charge on any atom is 0.347 e. The highest BCUT2D eigenvalue weighted by Crippen LogP contribution is 2.15. The second-order valence-corrected chi connectivity index (χ2v) is 4.78. The quantitative estimate of drug-likeness (QED) is 0.622. The van der Waals surface area contributed by atoms with E-state index in [0.717, 1.165) is 11.4 Å². The molecule has 0 fully saturated rings. The van der Waals surface area contributed by atoms with Gasteiger partial charge in [0.05, 0.1) is 24.6 Å². The van der Waals surface area contributed by atoms with Gasteiger partial charge in [0.25, 0.3) is 0 Å². The van der Waals surface area contributed by atoms with E-state index in [9.17, 15) is 0 Å². The summed E-state index contributed by atoms with van der Waals surface area (Å²) in [5.74, 6) is 1.36. The summed E-state index contributed by atoms with van der Waals surface area (Å²) < 4.78 is 17.3. The van der Waals surface area contributed by atoms with E-state index in [1.807, 2.05) is 50.8 Å². The molecule has 0 atom stereocenters. The van der Waals surface area contributed by atoms with Crippen molar-refractivity contribution in [2.24, 2.45) is 14.1 Å². The van der Waals surface area contributed by atoms with Gasteiger partial charge in [0, 0.05) is 6.07 Å². The van der Waals surface area contributed by atoms with Crippen molar-refractivity contribution in [1.82, 2.24) is 19.8 Å². The Balaban J connectivity index is 2.01. The Hall–Kier alpha value is -2.90. The number of rotatable bonds is 4. The third-order valence-electron chi connectivity index (χ3n) is 3.34. The third kappa shape index (κ3) is 2.39. The maximum atomic E-state index is 5.24. The van der Waals surface area contributed by atoms with Crippen LogP contribution in [0.3, 0.4) is 0 Å². The number of ether oxygens (including phenoxy) is 2. The van der Waals surface area contributed by atoms with Crippen LogP contribution in [0, 0.1) is 0 Å². The van der Waals surface area contributed by atoms with Crippen molar-refractivity contribution in [2.75, 3.05) is 14.2 Å². The maximum absolute atomic E-state index is 5.24. The van der Waals surface area contributed by atoms with Crippen LogP contribution in [0.5, 0.6) is 11.8 Å². The lowest BCUT2D eigenvalue weighted by Gasteiger charge is -1.95. The van der Waals surface area contributed by atoms with Gasteiger partial charge in [-0.1, -0.05) is 15.4 Å². The van der Waals surface area contributed by atoms with E-state index in [1.54, 1.807) is 32.9 Å². The lowest BCUT2D eigenvalue weighted by molar-refractivity contribution is -0.735. The minimum Gasteiger partial charge on any atom is -0.462 e. The topological polar surface area (TPSA) is 61.9 Å². The zero-order valence-corrected chi connectivity index (χ0v) is 13.0. The fraction of sp³-hybridized carbons (Fsp3) is 0.286. The van der Waals surface area contributed by atoms with Crippen LogP contribution in [0.15, 0.2) is 36.7 Å². The minimum atomic E-state index is 0.678. The van der Waals surface area contributed by atoms with E-state index < -0.39 is 0 Å². The first kappa shape index (κ1) is 14.1. The lowest BCUT2D eigenvalue weighted by atomic mass is 10.3. The Kier molecular flexibility index (Phi) is 3.50. The van der Waals surface area contributed by atoms with Gasteiger partial charge in [-0.2, -0.15) is 0 Å². The number of aryl methyl sites for hydroxylation is 2. The number of hydrogen-bond acceptors (Lipinski definition) is 4. The zero-order chi connectivity index (χ0) is 15.7. The highest BCUT2D eigenvalue weighted by atomic mass is 16.5. The molecule has 8 nitrogen and oxygen atoms in total. The van der Waals surface area contributed by atoms with E-state index in [4.69, 9.17) is 9.47 Å². The molecule has 0 aliphatic carbocycles. The van der Waals surface area contributed by atoms with Gasteiger partial charge >= 0.3 is 11.8 Å². The summed E-state index contributed by atoms with van der Waals surface area (Å²) in [6, 6.07) is 7.87. The highest BCUT2D eigenvalue weighted by molar-refractivity contribution is 5.42. The monoisotopic (exact) mass is 302 g/mol. The van der Waals surface area contributed by atoms with Crippen molar-refractivity contribution < 1.29 is 18.8 Å².